The number of nitrogens with two attached hydrogens (primary N) is 1. The molecule has 34 heavy (non-hydrogen) atoms. The predicted octanol–water partition coefficient (Wildman–Crippen LogP) is 4.88. The summed E-state index contributed by atoms with van der Waals surface area (Å²) in [5.74, 6) is 2.05. The van der Waals surface area contributed by atoms with Gasteiger partial charge in [0.2, 0.25) is 5.91 Å². The zero-order valence-corrected chi connectivity index (χ0v) is 19.1. The molecule has 1 amide bonds. The molecule has 1 aliphatic carbocycles. The van der Waals surface area contributed by atoms with E-state index >= 15 is 0 Å². The lowest BCUT2D eigenvalue weighted by Gasteiger charge is -2.29. The van der Waals surface area contributed by atoms with Gasteiger partial charge in [-0.3, -0.25) is 4.79 Å². The number of hydrogen-bond donors (Lipinski definition) is 2. The molecule has 5 rings (SSSR count). The molecule has 4 aromatic rings. The summed E-state index contributed by atoms with van der Waals surface area (Å²) >= 11 is 0. The first-order valence-electron chi connectivity index (χ1n) is 11.7. The minimum Gasteiger partial charge on any atom is -0.457 e. The third kappa shape index (κ3) is 4.44. The Kier molecular flexibility index (Phi) is 6.12. The molecular formula is C26H28N6O2. The van der Waals surface area contributed by atoms with Gasteiger partial charge in [-0.05, 0) is 62.1 Å². The number of rotatable bonds is 6. The van der Waals surface area contributed by atoms with Crippen molar-refractivity contribution in [2.24, 2.45) is 0 Å². The van der Waals surface area contributed by atoms with E-state index in [0.717, 1.165) is 59.5 Å². The van der Waals surface area contributed by atoms with Crippen molar-refractivity contribution in [3.05, 3.63) is 60.9 Å². The van der Waals surface area contributed by atoms with Gasteiger partial charge in [0.15, 0.2) is 5.65 Å². The number of nitrogens with one attached hydrogen (secondary N) is 1. The molecule has 0 radical (unpaired) electrons. The molecule has 0 unspecified atom stereocenters. The fraction of sp³-hybridized carbons (Fsp3) is 0.308. The Bertz CT molecular complexity index is 1280. The molecule has 0 bridgehead atoms. The monoisotopic (exact) mass is 456 g/mol. The molecule has 1 aliphatic rings. The molecule has 2 heterocycles. The number of para-hydroxylation sites is 1. The lowest BCUT2D eigenvalue weighted by Crippen LogP contribution is -2.37. The smallest absolute Gasteiger partial charge is 0.219 e. The Morgan fingerprint density at radius 1 is 1.03 bits per heavy atom. The highest BCUT2D eigenvalue weighted by Gasteiger charge is 2.27. The summed E-state index contributed by atoms with van der Waals surface area (Å²) in [6.07, 6.45) is 5.66. The van der Waals surface area contributed by atoms with Gasteiger partial charge in [0.1, 0.15) is 29.3 Å². The summed E-state index contributed by atoms with van der Waals surface area (Å²) in [7, 11) is 0. The van der Waals surface area contributed by atoms with Crippen LogP contribution in [0.25, 0.3) is 22.3 Å². The number of aromatic nitrogens is 4. The van der Waals surface area contributed by atoms with Crippen molar-refractivity contribution in [2.45, 2.75) is 51.1 Å². The van der Waals surface area contributed by atoms with Crippen LogP contribution in [0.2, 0.25) is 0 Å². The number of fused-ring (bicyclic) bond motifs is 1. The lowest BCUT2D eigenvalue weighted by atomic mass is 9.91. The van der Waals surface area contributed by atoms with Gasteiger partial charge in [0.25, 0.3) is 0 Å². The van der Waals surface area contributed by atoms with Gasteiger partial charge in [-0.1, -0.05) is 25.1 Å². The van der Waals surface area contributed by atoms with E-state index in [4.69, 9.17) is 15.6 Å². The molecule has 2 aromatic carbocycles. The fourth-order valence-electron chi connectivity index (χ4n) is 4.55. The number of benzene rings is 2. The number of carbonyl (C=O) groups excluding carboxylic acids is 1. The quantitative estimate of drug-likeness (QED) is 0.428. The predicted molar refractivity (Wildman–Crippen MR) is 131 cm³/mol. The van der Waals surface area contributed by atoms with E-state index in [1.54, 1.807) is 0 Å². The first-order chi connectivity index (χ1) is 16.6. The maximum Gasteiger partial charge on any atom is 0.219 e. The van der Waals surface area contributed by atoms with Crippen LogP contribution in [0.1, 0.15) is 45.1 Å². The molecule has 8 nitrogen and oxygen atoms in total. The zero-order valence-electron chi connectivity index (χ0n) is 19.1. The largest absolute Gasteiger partial charge is 0.457 e. The molecule has 0 aliphatic heterocycles. The summed E-state index contributed by atoms with van der Waals surface area (Å²) in [6.45, 7) is 1.88. The summed E-state index contributed by atoms with van der Waals surface area (Å²) in [5.41, 5.74) is 8.72. The first-order valence-corrected chi connectivity index (χ1v) is 11.7. The van der Waals surface area contributed by atoms with Crippen molar-refractivity contribution in [3.63, 3.8) is 0 Å². The highest BCUT2D eigenvalue weighted by Crippen LogP contribution is 2.36. The van der Waals surface area contributed by atoms with Crippen molar-refractivity contribution >= 4 is 22.8 Å². The second-order valence-corrected chi connectivity index (χ2v) is 8.62. The van der Waals surface area contributed by atoms with Crippen LogP contribution in [0.3, 0.4) is 0 Å². The third-order valence-electron chi connectivity index (χ3n) is 6.35. The van der Waals surface area contributed by atoms with Gasteiger partial charge in [0.05, 0.1) is 11.4 Å². The molecule has 3 N–H and O–H groups in total. The number of ether oxygens (including phenoxy) is 1. The van der Waals surface area contributed by atoms with Crippen molar-refractivity contribution in [2.75, 3.05) is 5.73 Å². The Morgan fingerprint density at radius 3 is 2.44 bits per heavy atom. The summed E-state index contributed by atoms with van der Waals surface area (Å²) in [6, 6.07) is 17.9. The topological polar surface area (TPSA) is 108 Å². The van der Waals surface area contributed by atoms with Crippen molar-refractivity contribution in [1.29, 1.82) is 0 Å². The van der Waals surface area contributed by atoms with E-state index in [1.165, 1.54) is 6.33 Å². The summed E-state index contributed by atoms with van der Waals surface area (Å²) in [4.78, 5) is 20.5. The normalized spacial score (nSPS) is 18.0. The highest BCUT2D eigenvalue weighted by atomic mass is 16.5. The minimum absolute atomic E-state index is 0.107. The van der Waals surface area contributed by atoms with Gasteiger partial charge in [-0.2, -0.15) is 5.10 Å². The van der Waals surface area contributed by atoms with Gasteiger partial charge >= 0.3 is 0 Å². The molecule has 0 saturated heterocycles. The third-order valence-corrected chi connectivity index (χ3v) is 6.35. The van der Waals surface area contributed by atoms with Gasteiger partial charge in [-0.25, -0.2) is 14.6 Å². The molecule has 174 valence electrons. The van der Waals surface area contributed by atoms with Gasteiger partial charge < -0.3 is 15.8 Å². The van der Waals surface area contributed by atoms with E-state index in [0.29, 0.717) is 12.2 Å². The fourth-order valence-corrected chi connectivity index (χ4v) is 4.55. The average Bonchev–Trinajstić information content (AvgIpc) is 3.26. The zero-order chi connectivity index (χ0) is 23.5. The van der Waals surface area contributed by atoms with Crippen molar-refractivity contribution < 1.29 is 9.53 Å². The van der Waals surface area contributed by atoms with Crippen LogP contribution in [0.4, 0.5) is 5.82 Å². The number of anilines is 1. The summed E-state index contributed by atoms with van der Waals surface area (Å²) in [5, 5.41) is 8.84. The Balaban J connectivity index is 1.41. The molecule has 1 fully saturated rings. The van der Waals surface area contributed by atoms with Crippen LogP contribution in [0, 0.1) is 0 Å². The number of amides is 1. The van der Waals surface area contributed by atoms with Crippen LogP contribution in [-0.2, 0) is 4.79 Å². The highest BCUT2D eigenvalue weighted by molar-refractivity contribution is 5.98. The minimum atomic E-state index is 0.107. The van der Waals surface area contributed by atoms with E-state index in [1.807, 2.05) is 66.2 Å². The second-order valence-electron chi connectivity index (χ2n) is 8.62. The number of nitrogens with zero attached hydrogens (tertiary/aromatic N) is 4. The molecule has 0 spiro atoms. The van der Waals surface area contributed by atoms with Crippen molar-refractivity contribution in [3.8, 4) is 22.8 Å². The number of carbonyl (C=O) groups is 1. The SMILES string of the molecule is CCC(=O)NC1CCC(n2nc(-c3ccc(Oc4ccccc4)cc3)c3c(N)ncnc32)CC1. The summed E-state index contributed by atoms with van der Waals surface area (Å²) < 4.78 is 7.92. The van der Waals surface area contributed by atoms with Crippen LogP contribution >= 0.6 is 0 Å². The number of nitrogen functional groups attached to an aromatic ring is 1. The van der Waals surface area contributed by atoms with E-state index in [2.05, 4.69) is 15.3 Å². The average molecular weight is 457 g/mol. The molecular weight excluding hydrogens is 428 g/mol. The standard InChI is InChI=1S/C26H28N6O2/c1-2-22(33)30-18-10-12-19(13-11-18)32-26-23(25(27)28-16-29-26)24(31-32)17-8-14-21(15-9-17)34-20-6-4-3-5-7-20/h3-9,14-16,18-19H,2,10-13H2,1H3,(H,30,33)(H2,27,28,29). The maximum absolute atomic E-state index is 11.8. The lowest BCUT2D eigenvalue weighted by molar-refractivity contribution is -0.121. The number of hydrogen-bond acceptors (Lipinski definition) is 6. The van der Waals surface area contributed by atoms with E-state index in [9.17, 15) is 4.79 Å². The Hall–Kier alpha value is -3.94. The van der Waals surface area contributed by atoms with Crippen LogP contribution in [0.5, 0.6) is 11.5 Å². The first kappa shape index (κ1) is 21.9. The Labute approximate surface area is 198 Å². The van der Waals surface area contributed by atoms with Crippen molar-refractivity contribution in [1.82, 2.24) is 25.1 Å². The molecule has 8 heteroatoms. The Morgan fingerprint density at radius 2 is 1.74 bits per heavy atom. The van der Waals surface area contributed by atoms with E-state index < -0.39 is 0 Å². The van der Waals surface area contributed by atoms with Crippen LogP contribution in [0.15, 0.2) is 60.9 Å². The molecule has 0 atom stereocenters. The second kappa shape index (κ2) is 9.51. The van der Waals surface area contributed by atoms with Gasteiger partial charge in [0, 0.05) is 18.0 Å². The maximum atomic E-state index is 11.8. The van der Waals surface area contributed by atoms with Crippen LogP contribution < -0.4 is 15.8 Å². The van der Waals surface area contributed by atoms with E-state index in [-0.39, 0.29) is 18.0 Å². The van der Waals surface area contributed by atoms with Gasteiger partial charge in [-0.15, -0.1) is 0 Å². The van der Waals surface area contributed by atoms with Crippen LogP contribution in [-0.4, -0.2) is 31.7 Å². The molecule has 1 saturated carbocycles. The molecule has 2 aromatic heterocycles.